The Morgan fingerprint density at radius 3 is 2.84 bits per heavy atom. The van der Waals surface area contributed by atoms with Gasteiger partial charge in [-0.25, -0.2) is 14.8 Å². The van der Waals surface area contributed by atoms with Crippen LogP contribution < -0.4 is 11.1 Å². The Bertz CT molecular complexity index is 697. The Balaban J connectivity index is 2.07. The summed E-state index contributed by atoms with van der Waals surface area (Å²) >= 11 is 0. The Morgan fingerprint density at radius 1 is 1.48 bits per heavy atom. The van der Waals surface area contributed by atoms with Crippen LogP contribution in [0.25, 0.3) is 0 Å². The first kappa shape index (κ1) is 18.7. The van der Waals surface area contributed by atoms with E-state index in [1.54, 1.807) is 6.20 Å². The fourth-order valence-electron chi connectivity index (χ4n) is 2.23. The number of methoxy groups -OCH3 is 1. The smallest absolute Gasteiger partial charge is 0.328 e. The van der Waals surface area contributed by atoms with Crippen molar-refractivity contribution in [1.82, 2.24) is 20.3 Å². The minimum absolute atomic E-state index is 0.0623. The summed E-state index contributed by atoms with van der Waals surface area (Å²) in [5.41, 5.74) is 6.80. The standard InChI is InChI=1S/C16H23N5O4/c1-4-9(2)13(17)15-21-12(7-25-15)14(22)20-11(16(23)24-3)5-10-6-18-8-19-10/h6-9,11,13H,4-5,17H2,1-3H3,(H,18,19)(H,20,22). The zero-order valence-corrected chi connectivity index (χ0v) is 14.5. The van der Waals surface area contributed by atoms with Crippen molar-refractivity contribution in [3.05, 3.63) is 36.1 Å². The molecule has 2 aromatic rings. The molecule has 4 N–H and O–H groups in total. The van der Waals surface area contributed by atoms with E-state index in [-0.39, 0.29) is 18.0 Å². The largest absolute Gasteiger partial charge is 0.467 e. The molecule has 2 heterocycles. The van der Waals surface area contributed by atoms with Crippen molar-refractivity contribution in [2.24, 2.45) is 11.7 Å². The van der Waals surface area contributed by atoms with Crippen molar-refractivity contribution in [1.29, 1.82) is 0 Å². The summed E-state index contributed by atoms with van der Waals surface area (Å²) in [6.07, 6.45) is 5.37. The molecule has 0 saturated carbocycles. The second-order valence-corrected chi connectivity index (χ2v) is 5.81. The van der Waals surface area contributed by atoms with Crippen LogP contribution in [0.3, 0.4) is 0 Å². The SMILES string of the molecule is CCC(C)C(N)c1nc(C(=O)NC(Cc2cnc[nH]2)C(=O)OC)co1. The van der Waals surface area contributed by atoms with Crippen molar-refractivity contribution in [2.75, 3.05) is 7.11 Å². The average molecular weight is 349 g/mol. The molecule has 3 atom stereocenters. The molecule has 0 aromatic carbocycles. The number of H-pyrrole nitrogens is 1. The number of nitrogens with two attached hydrogens (primary N) is 1. The fraction of sp³-hybridized carbons (Fsp3) is 0.500. The normalized spacial score (nSPS) is 14.6. The van der Waals surface area contributed by atoms with Crippen LogP contribution in [0.2, 0.25) is 0 Å². The second kappa shape index (κ2) is 8.43. The highest BCUT2D eigenvalue weighted by atomic mass is 16.5. The van der Waals surface area contributed by atoms with Crippen LogP contribution >= 0.6 is 0 Å². The number of nitrogens with one attached hydrogen (secondary N) is 2. The van der Waals surface area contributed by atoms with Gasteiger partial charge in [0.1, 0.15) is 12.3 Å². The molecule has 2 rings (SSSR count). The van der Waals surface area contributed by atoms with Gasteiger partial charge >= 0.3 is 5.97 Å². The molecule has 0 saturated heterocycles. The van der Waals surface area contributed by atoms with E-state index < -0.39 is 24.0 Å². The topological polar surface area (TPSA) is 136 Å². The van der Waals surface area contributed by atoms with Crippen molar-refractivity contribution in [2.45, 2.75) is 38.8 Å². The van der Waals surface area contributed by atoms with Gasteiger partial charge < -0.3 is 25.2 Å². The molecule has 136 valence electrons. The number of carbonyl (C=O) groups is 2. The van der Waals surface area contributed by atoms with Gasteiger partial charge in [-0.05, 0) is 5.92 Å². The number of imidazole rings is 1. The predicted molar refractivity (Wildman–Crippen MR) is 88.4 cm³/mol. The molecule has 0 aliphatic rings. The first-order valence-electron chi connectivity index (χ1n) is 8.03. The van der Waals surface area contributed by atoms with E-state index in [0.29, 0.717) is 11.6 Å². The molecule has 0 bridgehead atoms. The maximum Gasteiger partial charge on any atom is 0.328 e. The van der Waals surface area contributed by atoms with E-state index >= 15 is 0 Å². The second-order valence-electron chi connectivity index (χ2n) is 5.81. The van der Waals surface area contributed by atoms with Crippen LogP contribution in [0, 0.1) is 5.92 Å². The molecule has 25 heavy (non-hydrogen) atoms. The lowest BCUT2D eigenvalue weighted by Crippen LogP contribution is -2.43. The first-order valence-corrected chi connectivity index (χ1v) is 8.03. The Kier molecular flexibility index (Phi) is 6.29. The maximum atomic E-state index is 12.4. The number of amides is 1. The van der Waals surface area contributed by atoms with E-state index in [2.05, 4.69) is 20.3 Å². The highest BCUT2D eigenvalue weighted by Crippen LogP contribution is 2.21. The van der Waals surface area contributed by atoms with Gasteiger partial charge in [0.25, 0.3) is 5.91 Å². The van der Waals surface area contributed by atoms with E-state index in [0.717, 1.165) is 6.42 Å². The number of aromatic amines is 1. The number of nitrogens with zero attached hydrogens (tertiary/aromatic N) is 2. The lowest BCUT2D eigenvalue weighted by atomic mass is 10.0. The number of aromatic nitrogens is 3. The molecular weight excluding hydrogens is 326 g/mol. The number of oxazole rings is 1. The van der Waals surface area contributed by atoms with E-state index in [9.17, 15) is 9.59 Å². The summed E-state index contributed by atoms with van der Waals surface area (Å²) in [4.78, 5) is 35.2. The van der Waals surface area contributed by atoms with Crippen LogP contribution in [0.15, 0.2) is 23.2 Å². The van der Waals surface area contributed by atoms with Gasteiger partial charge in [-0.1, -0.05) is 20.3 Å². The minimum Gasteiger partial charge on any atom is -0.467 e. The molecule has 0 aliphatic carbocycles. The zero-order valence-electron chi connectivity index (χ0n) is 14.5. The lowest BCUT2D eigenvalue weighted by Gasteiger charge is -2.15. The molecular formula is C16H23N5O4. The van der Waals surface area contributed by atoms with Gasteiger partial charge in [-0.15, -0.1) is 0 Å². The summed E-state index contributed by atoms with van der Waals surface area (Å²) in [6, 6.07) is -1.27. The number of hydrogen-bond donors (Lipinski definition) is 3. The fourth-order valence-corrected chi connectivity index (χ4v) is 2.23. The number of ether oxygens (including phenoxy) is 1. The van der Waals surface area contributed by atoms with E-state index in [1.807, 2.05) is 13.8 Å². The third-order valence-corrected chi connectivity index (χ3v) is 4.07. The molecule has 9 nitrogen and oxygen atoms in total. The molecule has 0 fully saturated rings. The van der Waals surface area contributed by atoms with Crippen molar-refractivity contribution in [3.63, 3.8) is 0 Å². The summed E-state index contributed by atoms with van der Waals surface area (Å²) < 4.78 is 10.1. The van der Waals surface area contributed by atoms with Gasteiger partial charge in [0.15, 0.2) is 5.69 Å². The number of rotatable bonds is 8. The van der Waals surface area contributed by atoms with Crippen molar-refractivity contribution < 1.29 is 18.7 Å². The molecule has 3 unspecified atom stereocenters. The molecule has 9 heteroatoms. The third kappa shape index (κ3) is 4.66. The number of hydrogen-bond acceptors (Lipinski definition) is 7. The zero-order chi connectivity index (χ0) is 18.4. The predicted octanol–water partition coefficient (Wildman–Crippen LogP) is 0.958. The Labute approximate surface area is 145 Å². The summed E-state index contributed by atoms with van der Waals surface area (Å²) in [7, 11) is 1.26. The van der Waals surface area contributed by atoms with E-state index in [1.165, 1.54) is 19.7 Å². The highest BCUT2D eigenvalue weighted by Gasteiger charge is 2.26. The van der Waals surface area contributed by atoms with Gasteiger partial charge in [-0.2, -0.15) is 0 Å². The van der Waals surface area contributed by atoms with Crippen LogP contribution in [0.1, 0.15) is 48.4 Å². The average Bonchev–Trinajstić information content (AvgIpc) is 3.30. The number of esters is 1. The lowest BCUT2D eigenvalue weighted by molar-refractivity contribution is -0.142. The molecule has 0 spiro atoms. The van der Waals surface area contributed by atoms with E-state index in [4.69, 9.17) is 14.9 Å². The van der Waals surface area contributed by atoms with Crippen molar-refractivity contribution >= 4 is 11.9 Å². The minimum atomic E-state index is -0.874. The van der Waals surface area contributed by atoms with Gasteiger partial charge in [0.2, 0.25) is 5.89 Å². The van der Waals surface area contributed by atoms with Gasteiger partial charge in [-0.3, -0.25) is 4.79 Å². The maximum absolute atomic E-state index is 12.4. The summed E-state index contributed by atoms with van der Waals surface area (Å²) in [6.45, 7) is 3.99. The molecule has 0 radical (unpaired) electrons. The molecule has 1 amide bonds. The van der Waals surface area contributed by atoms with Crippen molar-refractivity contribution in [3.8, 4) is 0 Å². The van der Waals surface area contributed by atoms with Gasteiger partial charge in [0, 0.05) is 18.3 Å². The summed E-state index contributed by atoms with van der Waals surface area (Å²) in [5.74, 6) is -0.648. The Morgan fingerprint density at radius 2 is 2.24 bits per heavy atom. The van der Waals surface area contributed by atoms with Crippen LogP contribution in [0.4, 0.5) is 0 Å². The number of carbonyl (C=O) groups excluding carboxylic acids is 2. The molecule has 2 aromatic heterocycles. The molecule has 0 aliphatic heterocycles. The summed E-state index contributed by atoms with van der Waals surface area (Å²) in [5, 5.41) is 2.59. The first-order chi connectivity index (χ1) is 12.0. The van der Waals surface area contributed by atoms with Crippen LogP contribution in [-0.2, 0) is 16.0 Å². The van der Waals surface area contributed by atoms with Crippen LogP contribution in [0.5, 0.6) is 0 Å². The Hall–Kier alpha value is -2.68. The third-order valence-electron chi connectivity index (χ3n) is 4.07. The van der Waals surface area contributed by atoms with Crippen LogP contribution in [-0.4, -0.2) is 40.0 Å². The monoisotopic (exact) mass is 349 g/mol. The highest BCUT2D eigenvalue weighted by molar-refractivity contribution is 5.95. The van der Waals surface area contributed by atoms with Gasteiger partial charge in [0.05, 0.1) is 19.5 Å². The quantitative estimate of drug-likeness (QED) is 0.604.